The van der Waals surface area contributed by atoms with Crippen LogP contribution in [0.3, 0.4) is 0 Å². The van der Waals surface area contributed by atoms with Crippen molar-refractivity contribution >= 4 is 5.91 Å². The van der Waals surface area contributed by atoms with Gasteiger partial charge >= 0.3 is 0 Å². The van der Waals surface area contributed by atoms with Crippen LogP contribution in [-0.2, 0) is 16.0 Å². The van der Waals surface area contributed by atoms with E-state index in [-0.39, 0.29) is 18.9 Å². The molecule has 20 heavy (non-hydrogen) atoms. The third-order valence-electron chi connectivity index (χ3n) is 3.70. The van der Waals surface area contributed by atoms with Crippen LogP contribution in [0, 0.1) is 0 Å². The van der Waals surface area contributed by atoms with Gasteiger partial charge in [0.2, 0.25) is 5.91 Å². The molecule has 5 heteroatoms. The molecule has 2 rings (SSSR count). The first-order valence-electron chi connectivity index (χ1n) is 6.81. The van der Waals surface area contributed by atoms with E-state index in [1.165, 1.54) is 0 Å². The third kappa shape index (κ3) is 3.49. The molecule has 1 saturated heterocycles. The SMILES string of the molecule is COc1ccccc1CC(=O)NC1(CO)CCOCC1. The Morgan fingerprint density at radius 1 is 1.40 bits per heavy atom. The van der Waals surface area contributed by atoms with Crippen molar-refractivity contribution in [3.05, 3.63) is 29.8 Å². The van der Waals surface area contributed by atoms with Gasteiger partial charge in [-0.1, -0.05) is 18.2 Å². The summed E-state index contributed by atoms with van der Waals surface area (Å²) in [6.07, 6.45) is 1.52. The van der Waals surface area contributed by atoms with Crippen LogP contribution in [0.25, 0.3) is 0 Å². The minimum absolute atomic E-state index is 0.0615. The second-order valence-corrected chi connectivity index (χ2v) is 5.09. The third-order valence-corrected chi connectivity index (χ3v) is 3.70. The van der Waals surface area contributed by atoms with Crippen LogP contribution in [-0.4, -0.2) is 43.5 Å². The highest BCUT2D eigenvalue weighted by Crippen LogP contribution is 2.22. The second kappa shape index (κ2) is 6.72. The fourth-order valence-electron chi connectivity index (χ4n) is 2.45. The van der Waals surface area contributed by atoms with E-state index in [0.29, 0.717) is 31.8 Å². The first-order valence-corrected chi connectivity index (χ1v) is 6.81. The van der Waals surface area contributed by atoms with Crippen molar-refractivity contribution in [2.75, 3.05) is 26.9 Å². The van der Waals surface area contributed by atoms with Crippen molar-refractivity contribution in [2.45, 2.75) is 24.8 Å². The van der Waals surface area contributed by atoms with Crippen LogP contribution in [0.4, 0.5) is 0 Å². The molecule has 1 aromatic rings. The molecule has 0 aromatic heterocycles. The average molecular weight is 279 g/mol. The van der Waals surface area contributed by atoms with Gasteiger partial charge in [-0.2, -0.15) is 0 Å². The van der Waals surface area contributed by atoms with E-state index in [9.17, 15) is 9.90 Å². The summed E-state index contributed by atoms with van der Waals surface area (Å²) in [4.78, 5) is 12.2. The Labute approximate surface area is 118 Å². The molecule has 0 atom stereocenters. The van der Waals surface area contributed by atoms with Crippen LogP contribution in [0.15, 0.2) is 24.3 Å². The van der Waals surface area contributed by atoms with Crippen molar-refractivity contribution in [1.29, 1.82) is 0 Å². The quantitative estimate of drug-likeness (QED) is 0.840. The van der Waals surface area contributed by atoms with E-state index in [1.807, 2.05) is 24.3 Å². The topological polar surface area (TPSA) is 67.8 Å². The summed E-state index contributed by atoms with van der Waals surface area (Å²) in [6, 6.07) is 7.45. The summed E-state index contributed by atoms with van der Waals surface area (Å²) in [5, 5.41) is 12.5. The highest BCUT2D eigenvalue weighted by Gasteiger charge is 2.33. The zero-order valence-electron chi connectivity index (χ0n) is 11.7. The normalized spacial score (nSPS) is 17.5. The van der Waals surface area contributed by atoms with E-state index < -0.39 is 5.54 Å². The summed E-state index contributed by atoms with van der Waals surface area (Å²) in [5.41, 5.74) is 0.296. The summed E-state index contributed by atoms with van der Waals surface area (Å²) in [7, 11) is 1.59. The lowest BCUT2D eigenvalue weighted by atomic mass is 9.90. The fourth-order valence-corrected chi connectivity index (χ4v) is 2.45. The number of methoxy groups -OCH3 is 1. The van der Waals surface area contributed by atoms with Gasteiger partial charge in [0.1, 0.15) is 5.75 Å². The highest BCUT2D eigenvalue weighted by atomic mass is 16.5. The Kier molecular flexibility index (Phi) is 4.98. The fraction of sp³-hybridized carbons (Fsp3) is 0.533. The molecule has 1 amide bonds. The lowest BCUT2D eigenvalue weighted by Crippen LogP contribution is -2.55. The van der Waals surface area contributed by atoms with E-state index in [0.717, 1.165) is 5.56 Å². The number of rotatable bonds is 5. The highest BCUT2D eigenvalue weighted by molar-refractivity contribution is 5.80. The largest absolute Gasteiger partial charge is 0.496 e. The smallest absolute Gasteiger partial charge is 0.225 e. The molecule has 0 saturated carbocycles. The zero-order valence-corrected chi connectivity index (χ0v) is 11.7. The number of nitrogens with one attached hydrogen (secondary N) is 1. The summed E-state index contributed by atoms with van der Waals surface area (Å²) >= 11 is 0. The summed E-state index contributed by atoms with van der Waals surface area (Å²) < 4.78 is 10.5. The summed E-state index contributed by atoms with van der Waals surface area (Å²) in [6.45, 7) is 1.07. The summed E-state index contributed by atoms with van der Waals surface area (Å²) in [5.74, 6) is 0.595. The lowest BCUT2D eigenvalue weighted by molar-refractivity contribution is -0.124. The molecule has 1 aliphatic rings. The molecule has 1 heterocycles. The Hall–Kier alpha value is -1.59. The first-order chi connectivity index (χ1) is 9.69. The molecule has 1 fully saturated rings. The van der Waals surface area contributed by atoms with Gasteiger partial charge in [0, 0.05) is 18.8 Å². The van der Waals surface area contributed by atoms with Gasteiger partial charge in [0.05, 0.1) is 25.7 Å². The van der Waals surface area contributed by atoms with Gasteiger partial charge in [-0.05, 0) is 18.9 Å². The monoisotopic (exact) mass is 279 g/mol. The lowest BCUT2D eigenvalue weighted by Gasteiger charge is -2.36. The Morgan fingerprint density at radius 2 is 2.10 bits per heavy atom. The number of para-hydroxylation sites is 1. The van der Waals surface area contributed by atoms with Crippen molar-refractivity contribution in [2.24, 2.45) is 0 Å². The van der Waals surface area contributed by atoms with Gasteiger partial charge in [-0.3, -0.25) is 4.79 Å². The second-order valence-electron chi connectivity index (χ2n) is 5.09. The first kappa shape index (κ1) is 14.8. The van der Waals surface area contributed by atoms with Crippen LogP contribution < -0.4 is 10.1 Å². The van der Waals surface area contributed by atoms with Crippen molar-refractivity contribution < 1.29 is 19.4 Å². The van der Waals surface area contributed by atoms with Crippen LogP contribution in [0.1, 0.15) is 18.4 Å². The van der Waals surface area contributed by atoms with E-state index in [4.69, 9.17) is 9.47 Å². The molecule has 110 valence electrons. The molecule has 2 N–H and O–H groups in total. The molecule has 1 aromatic carbocycles. The van der Waals surface area contributed by atoms with Crippen LogP contribution in [0.5, 0.6) is 5.75 Å². The maximum Gasteiger partial charge on any atom is 0.225 e. The Balaban J connectivity index is 2.01. The molecular formula is C15H21NO4. The van der Waals surface area contributed by atoms with Crippen LogP contribution in [0.2, 0.25) is 0 Å². The van der Waals surface area contributed by atoms with Gasteiger partial charge in [0.15, 0.2) is 0 Å². The van der Waals surface area contributed by atoms with Gasteiger partial charge in [0.25, 0.3) is 0 Å². The van der Waals surface area contributed by atoms with Crippen molar-refractivity contribution in [1.82, 2.24) is 5.32 Å². The van der Waals surface area contributed by atoms with Crippen molar-refractivity contribution in [3.8, 4) is 5.75 Å². The number of aliphatic hydroxyl groups excluding tert-OH is 1. The maximum atomic E-state index is 12.2. The number of amides is 1. The predicted octanol–water partition coefficient (Wildman–Crippen LogP) is 0.895. The molecule has 0 aliphatic carbocycles. The number of hydrogen-bond acceptors (Lipinski definition) is 4. The molecule has 5 nitrogen and oxygen atoms in total. The maximum absolute atomic E-state index is 12.2. The number of aliphatic hydroxyl groups is 1. The van der Waals surface area contributed by atoms with E-state index in [2.05, 4.69) is 5.32 Å². The molecule has 0 radical (unpaired) electrons. The van der Waals surface area contributed by atoms with Gasteiger partial charge in [-0.15, -0.1) is 0 Å². The number of benzene rings is 1. The predicted molar refractivity (Wildman–Crippen MR) is 74.7 cm³/mol. The number of carbonyl (C=O) groups is 1. The molecular weight excluding hydrogens is 258 g/mol. The number of hydrogen-bond donors (Lipinski definition) is 2. The molecule has 0 bridgehead atoms. The minimum atomic E-state index is -0.544. The van der Waals surface area contributed by atoms with Gasteiger partial charge < -0.3 is 19.9 Å². The Morgan fingerprint density at radius 3 is 2.75 bits per heavy atom. The van der Waals surface area contributed by atoms with Gasteiger partial charge in [-0.25, -0.2) is 0 Å². The van der Waals surface area contributed by atoms with E-state index in [1.54, 1.807) is 7.11 Å². The van der Waals surface area contributed by atoms with E-state index >= 15 is 0 Å². The van der Waals surface area contributed by atoms with Crippen LogP contribution >= 0.6 is 0 Å². The molecule has 0 spiro atoms. The number of carbonyl (C=O) groups excluding carboxylic acids is 1. The Bertz CT molecular complexity index is 455. The van der Waals surface area contributed by atoms with Crippen molar-refractivity contribution in [3.63, 3.8) is 0 Å². The molecule has 1 aliphatic heterocycles. The minimum Gasteiger partial charge on any atom is -0.496 e. The average Bonchev–Trinajstić information content (AvgIpc) is 2.48. The zero-order chi connectivity index (χ0) is 14.4. The standard InChI is InChI=1S/C15H21NO4/c1-19-13-5-3-2-4-12(13)10-14(18)16-15(11-17)6-8-20-9-7-15/h2-5,17H,6-11H2,1H3,(H,16,18). The molecule has 0 unspecified atom stereocenters. The number of ether oxygens (including phenoxy) is 2.